The van der Waals surface area contributed by atoms with Crippen LogP contribution in [0.2, 0.25) is 0 Å². The molecule has 16 heavy (non-hydrogen) atoms. The number of likely N-dealkylation sites (N-methyl/N-ethyl adjacent to an activating group) is 1. The Hall–Kier alpha value is -0.430. The van der Waals surface area contributed by atoms with Gasteiger partial charge in [0.25, 0.3) is 0 Å². The number of alkyl halides is 2. The molecule has 1 aromatic heterocycles. The van der Waals surface area contributed by atoms with E-state index in [1.165, 1.54) is 12.4 Å². The molecule has 4 nitrogen and oxygen atoms in total. The van der Waals surface area contributed by atoms with E-state index in [9.17, 15) is 8.78 Å². The van der Waals surface area contributed by atoms with Crippen LogP contribution in [0.3, 0.4) is 0 Å². The monoisotopic (exact) mass is 276 g/mol. The van der Waals surface area contributed by atoms with Crippen LogP contribution < -0.4 is 5.73 Å². The van der Waals surface area contributed by atoms with Gasteiger partial charge >= 0.3 is 6.55 Å². The van der Waals surface area contributed by atoms with Crippen LogP contribution in [0.4, 0.5) is 8.78 Å². The van der Waals surface area contributed by atoms with E-state index in [4.69, 9.17) is 5.73 Å². The van der Waals surface area contributed by atoms with Gasteiger partial charge < -0.3 is 5.73 Å². The Morgan fingerprint density at radius 1 is 1.50 bits per heavy atom. The maximum atomic E-state index is 12.4. The SMILES string of the molecule is CN(CCN)Cc1nccn1C(F)F.Cl.Cl. The Morgan fingerprint density at radius 2 is 2.12 bits per heavy atom. The molecule has 0 spiro atoms. The number of imidazole rings is 1. The van der Waals surface area contributed by atoms with Crippen molar-refractivity contribution < 1.29 is 8.78 Å². The molecule has 1 rings (SSSR count). The summed E-state index contributed by atoms with van der Waals surface area (Å²) in [6.07, 6.45) is 2.65. The van der Waals surface area contributed by atoms with E-state index in [-0.39, 0.29) is 24.8 Å². The first-order valence-electron chi connectivity index (χ1n) is 4.33. The Labute approximate surface area is 106 Å². The highest BCUT2D eigenvalue weighted by Gasteiger charge is 2.12. The first kappa shape index (κ1) is 17.9. The third-order valence-electron chi connectivity index (χ3n) is 1.88. The molecule has 0 saturated heterocycles. The molecule has 0 saturated carbocycles. The number of hydrogen-bond acceptors (Lipinski definition) is 3. The minimum Gasteiger partial charge on any atom is -0.329 e. The van der Waals surface area contributed by atoms with E-state index in [1.807, 2.05) is 11.9 Å². The largest absolute Gasteiger partial charge is 0.329 e. The summed E-state index contributed by atoms with van der Waals surface area (Å²) < 4.78 is 25.6. The Bertz CT molecular complexity index is 283. The smallest absolute Gasteiger partial charge is 0.319 e. The lowest BCUT2D eigenvalue weighted by atomic mass is 10.5. The highest BCUT2D eigenvalue weighted by Crippen LogP contribution is 2.13. The van der Waals surface area contributed by atoms with Crippen LogP contribution >= 0.6 is 24.8 Å². The molecular formula is C8H16Cl2F2N4. The van der Waals surface area contributed by atoms with Gasteiger partial charge in [-0.1, -0.05) is 0 Å². The molecule has 0 amide bonds. The molecule has 0 aliphatic carbocycles. The minimum atomic E-state index is -2.53. The van der Waals surface area contributed by atoms with Crippen molar-refractivity contribution >= 4 is 24.8 Å². The molecule has 0 radical (unpaired) electrons. The summed E-state index contributed by atoms with van der Waals surface area (Å²) in [5.41, 5.74) is 5.34. The van der Waals surface area contributed by atoms with Crippen molar-refractivity contribution in [1.82, 2.24) is 14.5 Å². The van der Waals surface area contributed by atoms with Crippen LogP contribution in [-0.2, 0) is 6.54 Å². The molecule has 0 bridgehead atoms. The number of nitrogens with zero attached hydrogens (tertiary/aromatic N) is 3. The van der Waals surface area contributed by atoms with E-state index in [0.717, 1.165) is 4.57 Å². The number of nitrogens with two attached hydrogens (primary N) is 1. The van der Waals surface area contributed by atoms with Crippen molar-refractivity contribution in [2.45, 2.75) is 13.1 Å². The van der Waals surface area contributed by atoms with Crippen LogP contribution in [0.25, 0.3) is 0 Å². The van der Waals surface area contributed by atoms with E-state index < -0.39 is 6.55 Å². The van der Waals surface area contributed by atoms with Crippen molar-refractivity contribution in [3.05, 3.63) is 18.2 Å². The summed E-state index contributed by atoms with van der Waals surface area (Å²) in [6.45, 7) is -0.977. The van der Waals surface area contributed by atoms with Gasteiger partial charge in [-0.15, -0.1) is 24.8 Å². The van der Waals surface area contributed by atoms with E-state index in [2.05, 4.69) is 4.98 Å². The molecule has 0 aromatic carbocycles. The van der Waals surface area contributed by atoms with E-state index in [0.29, 0.717) is 25.5 Å². The predicted molar refractivity (Wildman–Crippen MR) is 63.4 cm³/mol. The highest BCUT2D eigenvalue weighted by molar-refractivity contribution is 5.85. The molecule has 0 atom stereocenters. The third-order valence-corrected chi connectivity index (χ3v) is 1.88. The third kappa shape index (κ3) is 5.07. The van der Waals surface area contributed by atoms with Crippen LogP contribution in [0.5, 0.6) is 0 Å². The van der Waals surface area contributed by atoms with Gasteiger partial charge in [0.15, 0.2) is 0 Å². The van der Waals surface area contributed by atoms with Crippen molar-refractivity contribution in [3.63, 3.8) is 0 Å². The zero-order chi connectivity index (χ0) is 10.6. The molecule has 0 fully saturated rings. The normalized spacial score (nSPS) is 10.1. The minimum absolute atomic E-state index is 0. The van der Waals surface area contributed by atoms with E-state index >= 15 is 0 Å². The van der Waals surface area contributed by atoms with E-state index in [1.54, 1.807) is 0 Å². The lowest BCUT2D eigenvalue weighted by molar-refractivity contribution is 0.0646. The summed E-state index contributed by atoms with van der Waals surface area (Å²) >= 11 is 0. The lowest BCUT2D eigenvalue weighted by Crippen LogP contribution is -2.26. The Balaban J connectivity index is 0. The zero-order valence-electron chi connectivity index (χ0n) is 8.84. The van der Waals surface area contributed by atoms with Crippen LogP contribution in [-0.4, -0.2) is 34.6 Å². The highest BCUT2D eigenvalue weighted by atomic mass is 35.5. The molecule has 2 N–H and O–H groups in total. The number of hydrogen-bond donors (Lipinski definition) is 1. The molecule has 8 heteroatoms. The van der Waals surface area contributed by atoms with Gasteiger partial charge in [-0.25, -0.2) is 4.98 Å². The lowest BCUT2D eigenvalue weighted by Gasteiger charge is -2.15. The summed E-state index contributed by atoms with van der Waals surface area (Å²) in [7, 11) is 1.82. The number of halogens is 4. The molecule has 0 aliphatic rings. The quantitative estimate of drug-likeness (QED) is 0.887. The molecule has 1 aromatic rings. The standard InChI is InChI=1S/C8H14F2N4.2ClH/c1-13(4-2-11)6-7-12-3-5-14(7)8(9)10;;/h3,5,8H,2,4,6,11H2,1H3;2*1H. The molecule has 0 aliphatic heterocycles. The van der Waals surface area contributed by atoms with Crippen LogP contribution in [0.15, 0.2) is 12.4 Å². The second-order valence-electron chi connectivity index (χ2n) is 3.05. The fourth-order valence-electron chi connectivity index (χ4n) is 1.18. The van der Waals surface area contributed by atoms with Gasteiger partial charge in [0.2, 0.25) is 0 Å². The van der Waals surface area contributed by atoms with Crippen LogP contribution in [0.1, 0.15) is 12.4 Å². The fraction of sp³-hybridized carbons (Fsp3) is 0.625. The van der Waals surface area contributed by atoms with Gasteiger partial charge in [0.1, 0.15) is 5.82 Å². The second kappa shape index (κ2) is 8.69. The molecule has 0 unspecified atom stereocenters. The topological polar surface area (TPSA) is 47.1 Å². The van der Waals surface area contributed by atoms with Crippen molar-refractivity contribution in [1.29, 1.82) is 0 Å². The van der Waals surface area contributed by atoms with Crippen LogP contribution in [0, 0.1) is 0 Å². The fourth-order valence-corrected chi connectivity index (χ4v) is 1.18. The molecular weight excluding hydrogens is 261 g/mol. The van der Waals surface area contributed by atoms with Gasteiger partial charge in [0.05, 0.1) is 6.54 Å². The van der Waals surface area contributed by atoms with Crippen molar-refractivity contribution in [2.75, 3.05) is 20.1 Å². The summed E-state index contributed by atoms with van der Waals surface area (Å²) in [5, 5.41) is 0. The number of aromatic nitrogens is 2. The summed E-state index contributed by atoms with van der Waals surface area (Å²) in [5.74, 6) is 0.357. The zero-order valence-corrected chi connectivity index (χ0v) is 10.5. The second-order valence-corrected chi connectivity index (χ2v) is 3.05. The maximum Gasteiger partial charge on any atom is 0.319 e. The average Bonchev–Trinajstić information content (AvgIpc) is 2.52. The maximum absolute atomic E-state index is 12.4. The molecule has 1 heterocycles. The summed E-state index contributed by atoms with van der Waals surface area (Å²) in [6, 6.07) is 0. The van der Waals surface area contributed by atoms with Crippen molar-refractivity contribution in [2.24, 2.45) is 5.73 Å². The first-order chi connectivity index (χ1) is 6.65. The Morgan fingerprint density at radius 3 is 2.62 bits per heavy atom. The van der Waals surface area contributed by atoms with Gasteiger partial charge in [-0.05, 0) is 7.05 Å². The van der Waals surface area contributed by atoms with Gasteiger partial charge in [0, 0.05) is 25.5 Å². The van der Waals surface area contributed by atoms with Gasteiger partial charge in [-0.3, -0.25) is 9.47 Å². The summed E-state index contributed by atoms with van der Waals surface area (Å²) in [4.78, 5) is 5.71. The van der Waals surface area contributed by atoms with Crippen molar-refractivity contribution in [3.8, 4) is 0 Å². The Kier molecular flexibility index (Phi) is 9.75. The molecule has 96 valence electrons. The van der Waals surface area contributed by atoms with Gasteiger partial charge in [-0.2, -0.15) is 8.78 Å². The predicted octanol–water partition coefficient (Wildman–Crippen LogP) is 1.51. The number of rotatable bonds is 5. The first-order valence-corrected chi connectivity index (χ1v) is 4.33. The average molecular weight is 277 g/mol.